The van der Waals surface area contributed by atoms with E-state index in [9.17, 15) is 9.59 Å². The number of carbonyl (C=O) groups excluding carboxylic acids is 2. The third-order valence-corrected chi connectivity index (χ3v) is 6.99. The van der Waals surface area contributed by atoms with E-state index in [-0.39, 0.29) is 11.9 Å². The smallest absolute Gasteiger partial charge is 0.321 e. The Morgan fingerprint density at radius 3 is 2.32 bits per heavy atom. The topological polar surface area (TPSA) is 89.6 Å². The molecule has 2 fully saturated rings. The normalized spacial score (nSPS) is 16.2. The summed E-state index contributed by atoms with van der Waals surface area (Å²) in [5, 5.41) is 5.96. The number of nitrogens with zero attached hydrogens (tertiary/aromatic N) is 4. The van der Waals surface area contributed by atoms with Crippen LogP contribution in [0.1, 0.15) is 16.8 Å². The Bertz CT molecular complexity index is 1080. The van der Waals surface area contributed by atoms with Gasteiger partial charge in [-0.3, -0.25) is 9.69 Å². The molecule has 2 heterocycles. The van der Waals surface area contributed by atoms with E-state index in [1.807, 2.05) is 30.3 Å². The number of anilines is 3. The molecule has 3 amide bonds. The maximum atomic E-state index is 13.4. The van der Waals surface area contributed by atoms with Crippen LogP contribution in [0.4, 0.5) is 21.9 Å². The van der Waals surface area contributed by atoms with Gasteiger partial charge in [0.1, 0.15) is 5.75 Å². The lowest BCUT2D eigenvalue weighted by Gasteiger charge is -2.38. The molecule has 10 nitrogen and oxygen atoms in total. The average Bonchev–Trinajstić information content (AvgIpc) is 2.95. The predicted octanol–water partition coefficient (Wildman–Crippen LogP) is 2.57. The number of amides is 3. The molecule has 2 saturated heterocycles. The molecule has 2 N–H and O–H groups in total. The zero-order valence-corrected chi connectivity index (χ0v) is 22.7. The van der Waals surface area contributed by atoms with Crippen molar-refractivity contribution in [3.63, 3.8) is 0 Å². The highest BCUT2D eigenvalue weighted by Gasteiger charge is 2.24. The molecule has 38 heavy (non-hydrogen) atoms. The number of carbonyl (C=O) groups is 2. The summed E-state index contributed by atoms with van der Waals surface area (Å²) in [5.74, 6) is 0.731. The van der Waals surface area contributed by atoms with E-state index < -0.39 is 0 Å². The van der Waals surface area contributed by atoms with Gasteiger partial charge in [0.25, 0.3) is 5.91 Å². The van der Waals surface area contributed by atoms with Crippen LogP contribution in [0.5, 0.6) is 5.75 Å². The highest BCUT2D eigenvalue weighted by Crippen LogP contribution is 2.31. The molecular weight excluding hydrogens is 484 g/mol. The van der Waals surface area contributed by atoms with E-state index in [2.05, 4.69) is 31.4 Å². The molecule has 2 aromatic carbocycles. The minimum absolute atomic E-state index is 0.130. The minimum atomic E-state index is -0.236. The second-order valence-corrected chi connectivity index (χ2v) is 9.77. The number of para-hydroxylation sites is 2. The van der Waals surface area contributed by atoms with Gasteiger partial charge in [-0.15, -0.1) is 0 Å². The van der Waals surface area contributed by atoms with E-state index in [4.69, 9.17) is 9.47 Å². The van der Waals surface area contributed by atoms with Gasteiger partial charge >= 0.3 is 6.03 Å². The zero-order valence-electron chi connectivity index (χ0n) is 22.7. The van der Waals surface area contributed by atoms with Crippen molar-refractivity contribution in [2.75, 3.05) is 102 Å². The number of ether oxygens (including phenoxy) is 2. The standard InChI is InChI=1S/C28H40N6O4/c1-31(2)28(36)30-22-9-10-24(23(21-22)27(35)29-11-6-12-32-17-19-38-20-18-32)33-13-15-34(16-14-33)25-7-4-5-8-26(25)37-3/h4-5,7-10,21H,6,11-20H2,1-3H3,(H,29,35)(H,30,36). The monoisotopic (exact) mass is 524 g/mol. The highest BCUT2D eigenvalue weighted by atomic mass is 16.5. The Morgan fingerprint density at radius 2 is 1.63 bits per heavy atom. The van der Waals surface area contributed by atoms with Crippen LogP contribution in [0.2, 0.25) is 0 Å². The van der Waals surface area contributed by atoms with Gasteiger partial charge in [0.15, 0.2) is 0 Å². The van der Waals surface area contributed by atoms with Gasteiger partial charge in [0.05, 0.1) is 31.6 Å². The van der Waals surface area contributed by atoms with Gasteiger partial charge in [-0.2, -0.15) is 0 Å². The van der Waals surface area contributed by atoms with Crippen molar-refractivity contribution in [1.29, 1.82) is 0 Å². The third-order valence-electron chi connectivity index (χ3n) is 6.99. The number of urea groups is 1. The molecule has 206 valence electrons. The fraction of sp³-hybridized carbons (Fsp3) is 0.500. The summed E-state index contributed by atoms with van der Waals surface area (Å²) < 4.78 is 11.0. The highest BCUT2D eigenvalue weighted by molar-refractivity contribution is 6.02. The first-order chi connectivity index (χ1) is 18.5. The fourth-order valence-electron chi connectivity index (χ4n) is 4.81. The largest absolute Gasteiger partial charge is 0.495 e. The van der Waals surface area contributed by atoms with Crippen LogP contribution in [-0.4, -0.2) is 109 Å². The molecule has 2 aliphatic heterocycles. The Kier molecular flexibility index (Phi) is 9.67. The van der Waals surface area contributed by atoms with Crippen molar-refractivity contribution in [2.45, 2.75) is 6.42 Å². The predicted molar refractivity (Wildman–Crippen MR) is 151 cm³/mol. The summed E-state index contributed by atoms with van der Waals surface area (Å²) in [5.41, 5.74) is 3.12. The maximum Gasteiger partial charge on any atom is 0.321 e. The van der Waals surface area contributed by atoms with Crippen molar-refractivity contribution in [3.8, 4) is 5.75 Å². The van der Waals surface area contributed by atoms with Crippen LogP contribution in [-0.2, 0) is 4.74 Å². The molecule has 0 bridgehead atoms. The Labute approximate surface area is 225 Å². The fourth-order valence-corrected chi connectivity index (χ4v) is 4.81. The Hall–Kier alpha value is -3.50. The second-order valence-electron chi connectivity index (χ2n) is 9.77. The molecule has 10 heteroatoms. The molecule has 0 saturated carbocycles. The van der Waals surface area contributed by atoms with Crippen molar-refractivity contribution >= 4 is 29.0 Å². The van der Waals surface area contributed by atoms with Crippen LogP contribution < -0.4 is 25.2 Å². The maximum absolute atomic E-state index is 13.4. The summed E-state index contributed by atoms with van der Waals surface area (Å²) in [6, 6.07) is 13.4. The number of methoxy groups -OCH3 is 1. The molecule has 2 aromatic rings. The number of piperazine rings is 1. The minimum Gasteiger partial charge on any atom is -0.495 e. The van der Waals surface area contributed by atoms with Gasteiger partial charge in [-0.05, 0) is 43.3 Å². The van der Waals surface area contributed by atoms with Gasteiger partial charge in [0.2, 0.25) is 0 Å². The molecule has 0 aromatic heterocycles. The SMILES string of the molecule is COc1ccccc1N1CCN(c2ccc(NC(=O)N(C)C)cc2C(=O)NCCCN2CCOCC2)CC1. The molecule has 0 atom stereocenters. The number of hydrogen-bond acceptors (Lipinski definition) is 7. The van der Waals surface area contributed by atoms with Crippen LogP contribution in [0.25, 0.3) is 0 Å². The lowest BCUT2D eigenvalue weighted by atomic mass is 10.1. The molecule has 0 unspecified atom stereocenters. The number of benzene rings is 2. The van der Waals surface area contributed by atoms with Crippen LogP contribution in [0, 0.1) is 0 Å². The quantitative estimate of drug-likeness (QED) is 0.488. The Balaban J connectivity index is 1.44. The summed E-state index contributed by atoms with van der Waals surface area (Å²) in [7, 11) is 5.07. The zero-order chi connectivity index (χ0) is 26.9. The van der Waals surface area contributed by atoms with Gasteiger partial charge < -0.3 is 34.8 Å². The van der Waals surface area contributed by atoms with Crippen molar-refractivity contribution < 1.29 is 19.1 Å². The number of nitrogens with one attached hydrogen (secondary N) is 2. The summed E-state index contributed by atoms with van der Waals surface area (Å²) in [6.07, 6.45) is 0.871. The second kappa shape index (κ2) is 13.3. The Morgan fingerprint density at radius 1 is 0.947 bits per heavy atom. The summed E-state index contributed by atoms with van der Waals surface area (Å²) in [4.78, 5) is 34.0. The molecule has 4 rings (SSSR count). The number of hydrogen-bond donors (Lipinski definition) is 2. The number of rotatable bonds is 9. The molecule has 0 aliphatic carbocycles. The van der Waals surface area contributed by atoms with Crippen LogP contribution in [0.15, 0.2) is 42.5 Å². The first-order valence-corrected chi connectivity index (χ1v) is 13.3. The molecule has 0 spiro atoms. The van der Waals surface area contributed by atoms with E-state index in [0.717, 1.165) is 82.6 Å². The molecule has 0 radical (unpaired) electrons. The van der Waals surface area contributed by atoms with Gasteiger partial charge in [0, 0.05) is 71.3 Å². The van der Waals surface area contributed by atoms with Crippen molar-refractivity contribution in [3.05, 3.63) is 48.0 Å². The summed E-state index contributed by atoms with van der Waals surface area (Å²) in [6.45, 7) is 8.07. The van der Waals surface area contributed by atoms with Crippen molar-refractivity contribution in [2.24, 2.45) is 0 Å². The third kappa shape index (κ3) is 7.08. The molecular formula is C28H40N6O4. The summed E-state index contributed by atoms with van der Waals surface area (Å²) >= 11 is 0. The first kappa shape index (κ1) is 27.5. The van der Waals surface area contributed by atoms with E-state index >= 15 is 0 Å². The van der Waals surface area contributed by atoms with E-state index in [0.29, 0.717) is 17.8 Å². The lowest BCUT2D eigenvalue weighted by molar-refractivity contribution is 0.0374. The van der Waals surface area contributed by atoms with E-state index in [1.165, 1.54) is 4.90 Å². The van der Waals surface area contributed by atoms with Crippen molar-refractivity contribution in [1.82, 2.24) is 15.1 Å². The lowest BCUT2D eigenvalue weighted by Crippen LogP contribution is -2.47. The first-order valence-electron chi connectivity index (χ1n) is 13.3. The van der Waals surface area contributed by atoms with Gasteiger partial charge in [-0.1, -0.05) is 12.1 Å². The van der Waals surface area contributed by atoms with E-state index in [1.54, 1.807) is 27.3 Å². The average molecular weight is 525 g/mol. The van der Waals surface area contributed by atoms with Crippen LogP contribution >= 0.6 is 0 Å². The van der Waals surface area contributed by atoms with Gasteiger partial charge in [-0.25, -0.2) is 4.79 Å². The molecule has 2 aliphatic rings. The number of morpholine rings is 1. The van der Waals surface area contributed by atoms with Crippen LogP contribution in [0.3, 0.4) is 0 Å².